The number of nitrogens with one attached hydrogen (secondary N) is 1. The lowest BCUT2D eigenvalue weighted by molar-refractivity contribution is -0.170. The van der Waals surface area contributed by atoms with E-state index in [2.05, 4.69) is 5.10 Å². The van der Waals surface area contributed by atoms with Crippen LogP contribution in [0.2, 0.25) is 0 Å². The van der Waals surface area contributed by atoms with Crippen LogP contribution in [0.25, 0.3) is 0 Å². The highest BCUT2D eigenvalue weighted by molar-refractivity contribution is 5.92. The van der Waals surface area contributed by atoms with E-state index in [1.165, 1.54) is 36.8 Å². The molecule has 1 atom stereocenters. The third kappa shape index (κ3) is 3.73. The summed E-state index contributed by atoms with van der Waals surface area (Å²) in [6.45, 7) is 0.320. The van der Waals surface area contributed by atoms with Crippen molar-refractivity contribution in [2.45, 2.75) is 24.9 Å². The monoisotopic (exact) mass is 360 g/mol. The molecule has 0 saturated carbocycles. The fourth-order valence-electron chi connectivity index (χ4n) is 2.80. The fraction of sp³-hybridized carbons (Fsp3) is 0.667. The average Bonchev–Trinajstić information content (AvgIpc) is 3.18. The molecule has 1 N–H and O–H groups in total. The Hall–Kier alpha value is -2.23. The van der Waals surface area contributed by atoms with E-state index in [-0.39, 0.29) is 31.8 Å². The second-order valence-electron chi connectivity index (χ2n) is 6.16. The average molecular weight is 360 g/mol. The maximum Gasteiger partial charge on any atom is 0.276 e. The third-order valence-corrected chi connectivity index (χ3v) is 4.36. The van der Waals surface area contributed by atoms with Crippen LogP contribution in [0.3, 0.4) is 0 Å². The highest BCUT2D eigenvalue weighted by atomic mass is 19.3. The summed E-state index contributed by atoms with van der Waals surface area (Å²) in [4.78, 5) is 38.4. The van der Waals surface area contributed by atoms with Crippen molar-refractivity contribution in [2.24, 2.45) is 7.05 Å². The van der Waals surface area contributed by atoms with Crippen molar-refractivity contribution in [3.05, 3.63) is 22.1 Å². The Kier molecular flexibility index (Phi) is 5.61. The van der Waals surface area contributed by atoms with Gasteiger partial charge >= 0.3 is 0 Å². The first-order valence-electron chi connectivity index (χ1n) is 7.88. The molecule has 2 rings (SSSR count). The lowest BCUT2D eigenvalue weighted by Gasteiger charge is -2.31. The summed E-state index contributed by atoms with van der Waals surface area (Å²) in [5.41, 5.74) is -2.31. The molecule has 0 bridgehead atoms. The van der Waals surface area contributed by atoms with Gasteiger partial charge in [0, 0.05) is 46.9 Å². The number of nitrogens with zero attached hydrogens (tertiary/aromatic N) is 3. The number of likely N-dealkylation sites (N-methyl/N-ethyl adjacent to an activating group) is 2. The van der Waals surface area contributed by atoms with Crippen LogP contribution in [0, 0.1) is 0 Å². The summed E-state index contributed by atoms with van der Waals surface area (Å²) in [6.07, 6.45) is -2.52. The molecule has 1 aliphatic rings. The Balaban J connectivity index is 1.98. The van der Waals surface area contributed by atoms with Crippen LogP contribution in [0.4, 0.5) is 8.78 Å². The number of amides is 2. The van der Waals surface area contributed by atoms with Crippen LogP contribution in [0.1, 0.15) is 23.3 Å². The molecular weight excluding hydrogens is 338 g/mol. The smallest absolute Gasteiger partial charge is 0.276 e. The predicted octanol–water partition coefficient (Wildman–Crippen LogP) is 0.0581. The highest BCUT2D eigenvalue weighted by Gasteiger charge is 2.52. The van der Waals surface area contributed by atoms with E-state index in [0.717, 1.165) is 4.90 Å². The summed E-state index contributed by atoms with van der Waals surface area (Å²) in [6, 6.07) is 1.17. The van der Waals surface area contributed by atoms with Crippen molar-refractivity contribution >= 4 is 11.8 Å². The van der Waals surface area contributed by atoms with E-state index in [1.807, 2.05) is 0 Å². The van der Waals surface area contributed by atoms with Gasteiger partial charge in [-0.05, 0) is 12.8 Å². The van der Waals surface area contributed by atoms with E-state index in [9.17, 15) is 23.2 Å². The molecule has 0 spiro atoms. The van der Waals surface area contributed by atoms with Crippen molar-refractivity contribution in [2.75, 3.05) is 33.8 Å². The second-order valence-corrected chi connectivity index (χ2v) is 6.16. The normalized spacial score (nSPS) is 20.1. The first kappa shape index (κ1) is 19.1. The van der Waals surface area contributed by atoms with Gasteiger partial charge in [0.2, 0.25) is 5.60 Å². The lowest BCUT2D eigenvalue weighted by atomic mass is 9.99. The molecule has 1 unspecified atom stereocenters. The van der Waals surface area contributed by atoms with Gasteiger partial charge < -0.3 is 14.5 Å². The molecule has 10 heteroatoms. The summed E-state index contributed by atoms with van der Waals surface area (Å²) in [5.74, 6) is -1.20. The quantitative estimate of drug-likeness (QED) is 0.777. The molecule has 0 radical (unpaired) electrons. The Morgan fingerprint density at radius 1 is 1.36 bits per heavy atom. The van der Waals surface area contributed by atoms with Gasteiger partial charge in [-0.25, -0.2) is 8.78 Å². The molecule has 0 aromatic carbocycles. The van der Waals surface area contributed by atoms with E-state index in [1.54, 1.807) is 0 Å². The van der Waals surface area contributed by atoms with E-state index in [4.69, 9.17) is 4.74 Å². The number of carbonyl (C=O) groups is 2. The number of rotatable bonds is 6. The van der Waals surface area contributed by atoms with E-state index >= 15 is 0 Å². The minimum atomic E-state index is -2.90. The van der Waals surface area contributed by atoms with Gasteiger partial charge in [-0.2, -0.15) is 0 Å². The first-order valence-corrected chi connectivity index (χ1v) is 7.88. The van der Waals surface area contributed by atoms with Gasteiger partial charge in [-0.1, -0.05) is 0 Å². The number of ether oxygens (including phenoxy) is 1. The number of aromatic nitrogens is 2. The zero-order valence-corrected chi connectivity index (χ0v) is 14.4. The summed E-state index contributed by atoms with van der Waals surface area (Å²) < 4.78 is 33.0. The number of H-pyrrole nitrogens is 1. The van der Waals surface area contributed by atoms with Crippen LogP contribution in [-0.4, -0.2) is 77.2 Å². The molecule has 1 aromatic rings. The summed E-state index contributed by atoms with van der Waals surface area (Å²) >= 11 is 0. The predicted molar refractivity (Wildman–Crippen MR) is 84.6 cm³/mol. The van der Waals surface area contributed by atoms with Crippen LogP contribution in [0.5, 0.6) is 0 Å². The van der Waals surface area contributed by atoms with Crippen LogP contribution >= 0.6 is 0 Å². The van der Waals surface area contributed by atoms with Crippen molar-refractivity contribution in [3.8, 4) is 0 Å². The van der Waals surface area contributed by atoms with Crippen molar-refractivity contribution in [1.29, 1.82) is 0 Å². The molecular formula is C15H22F2N4O4. The lowest BCUT2D eigenvalue weighted by Crippen LogP contribution is -2.53. The molecule has 0 aliphatic carbocycles. The standard InChI is InChI=1S/C15H22F2N4O4/c1-19(12(23)10-9-11(22)18-21(10)3)6-7-20(2)14(24)15(13(16)17)5-4-8-25-15/h9,13H,4-8H2,1-3H3,(H,18,22). The number of hydrogen-bond acceptors (Lipinski definition) is 4. The Bertz CT molecular complexity index is 694. The molecule has 2 heterocycles. The maximum atomic E-state index is 13.3. The van der Waals surface area contributed by atoms with Crippen molar-refractivity contribution < 1.29 is 23.1 Å². The number of alkyl halides is 2. The molecule has 8 nitrogen and oxygen atoms in total. The summed E-state index contributed by atoms with van der Waals surface area (Å²) in [5, 5.41) is 2.43. The fourth-order valence-corrected chi connectivity index (χ4v) is 2.80. The van der Waals surface area contributed by atoms with Crippen LogP contribution in [0.15, 0.2) is 10.9 Å². The third-order valence-electron chi connectivity index (χ3n) is 4.36. The summed E-state index contributed by atoms with van der Waals surface area (Å²) in [7, 11) is 4.44. The zero-order chi connectivity index (χ0) is 18.8. The van der Waals surface area contributed by atoms with Crippen molar-refractivity contribution in [1.82, 2.24) is 19.6 Å². The Labute approximate surface area is 143 Å². The minimum Gasteiger partial charge on any atom is -0.360 e. The Morgan fingerprint density at radius 2 is 2.00 bits per heavy atom. The number of aromatic amines is 1. The first-order chi connectivity index (χ1) is 11.7. The van der Waals surface area contributed by atoms with Gasteiger partial charge in [-0.3, -0.25) is 24.2 Å². The van der Waals surface area contributed by atoms with Crippen LogP contribution < -0.4 is 5.56 Å². The van der Waals surface area contributed by atoms with Gasteiger partial charge in [0.05, 0.1) is 0 Å². The van der Waals surface area contributed by atoms with Crippen molar-refractivity contribution in [3.63, 3.8) is 0 Å². The number of aryl methyl sites for hydroxylation is 1. The molecule has 1 saturated heterocycles. The van der Waals surface area contributed by atoms with E-state index < -0.39 is 29.4 Å². The van der Waals surface area contributed by atoms with Gasteiger partial charge in [0.15, 0.2) is 0 Å². The van der Waals surface area contributed by atoms with Crippen LogP contribution in [-0.2, 0) is 16.6 Å². The van der Waals surface area contributed by atoms with Gasteiger partial charge in [0.25, 0.3) is 23.8 Å². The number of hydrogen-bond donors (Lipinski definition) is 1. The molecule has 25 heavy (non-hydrogen) atoms. The maximum absolute atomic E-state index is 13.3. The molecule has 140 valence electrons. The highest BCUT2D eigenvalue weighted by Crippen LogP contribution is 2.33. The number of halogens is 2. The second kappa shape index (κ2) is 7.34. The van der Waals surface area contributed by atoms with Gasteiger partial charge in [0.1, 0.15) is 5.69 Å². The molecule has 1 aromatic heterocycles. The zero-order valence-electron chi connectivity index (χ0n) is 14.4. The largest absolute Gasteiger partial charge is 0.360 e. The topological polar surface area (TPSA) is 87.6 Å². The minimum absolute atomic E-state index is 0.0198. The number of carbonyl (C=O) groups excluding carboxylic acids is 2. The molecule has 1 aliphatic heterocycles. The molecule has 2 amide bonds. The van der Waals surface area contributed by atoms with E-state index in [0.29, 0.717) is 6.42 Å². The van der Waals surface area contributed by atoms with Gasteiger partial charge in [-0.15, -0.1) is 0 Å². The molecule has 1 fully saturated rings. The Morgan fingerprint density at radius 3 is 2.48 bits per heavy atom. The SMILES string of the molecule is CN(CCN(C)C(=O)C1(C(F)F)CCCO1)C(=O)c1cc(=O)[nH]n1C.